The van der Waals surface area contributed by atoms with Gasteiger partial charge in [0.25, 0.3) is 0 Å². The number of benzene rings is 8. The van der Waals surface area contributed by atoms with Gasteiger partial charge in [-0.1, -0.05) is 146 Å². The third-order valence-corrected chi connectivity index (χ3v) is 11.5. The predicted molar refractivity (Wildman–Crippen MR) is 237 cm³/mol. The van der Waals surface area contributed by atoms with Crippen LogP contribution in [0, 0.1) is 0 Å². The van der Waals surface area contributed by atoms with Gasteiger partial charge in [-0.2, -0.15) is 0 Å². The molecule has 0 saturated heterocycles. The monoisotopic (exact) mass is 727 g/mol. The highest BCUT2D eigenvalue weighted by Gasteiger charge is 2.27. The molecule has 8 aromatic carbocycles. The molecule has 0 aliphatic heterocycles. The molecule has 0 bridgehead atoms. The van der Waals surface area contributed by atoms with Crippen molar-refractivity contribution in [2.45, 2.75) is 0 Å². The van der Waals surface area contributed by atoms with Gasteiger partial charge in [0.05, 0.1) is 38.8 Å². The number of hydrogen-bond donors (Lipinski definition) is 0. The molecule has 12 aromatic rings. The molecule has 0 radical (unpaired) electrons. The number of nitrogens with zero attached hydrogens (tertiary/aromatic N) is 3. The summed E-state index contributed by atoms with van der Waals surface area (Å²) < 4.78 is 11.8. The van der Waals surface area contributed by atoms with E-state index in [0.29, 0.717) is 0 Å². The second-order valence-corrected chi connectivity index (χ2v) is 14.7. The summed E-state index contributed by atoms with van der Waals surface area (Å²) in [7, 11) is 0. The number of pyridine rings is 1. The van der Waals surface area contributed by atoms with Gasteiger partial charge < -0.3 is 13.6 Å². The molecular weight excluding hydrogens is 695 g/mol. The van der Waals surface area contributed by atoms with E-state index in [1.807, 2.05) is 6.07 Å². The largest absolute Gasteiger partial charge is 0.454 e. The van der Waals surface area contributed by atoms with Gasteiger partial charge in [0, 0.05) is 49.4 Å². The van der Waals surface area contributed by atoms with E-state index >= 15 is 0 Å². The minimum Gasteiger partial charge on any atom is -0.454 e. The first-order valence-electron chi connectivity index (χ1n) is 19.4. The topological polar surface area (TPSA) is 35.9 Å². The number of rotatable bonds is 5. The van der Waals surface area contributed by atoms with Crippen LogP contribution in [-0.4, -0.2) is 14.1 Å². The molecule has 12 rings (SSSR count). The highest BCUT2D eigenvalue weighted by Crippen LogP contribution is 2.49. The molecule has 0 fully saturated rings. The number of hydrogen-bond acceptors (Lipinski definition) is 2. The number of aromatic nitrogens is 3. The smallest absolute Gasteiger partial charge is 0.162 e. The van der Waals surface area contributed by atoms with E-state index in [-0.39, 0.29) is 0 Å². The maximum absolute atomic E-state index is 6.98. The molecule has 0 amide bonds. The molecular formula is C53H33N3O. The quantitative estimate of drug-likeness (QED) is 0.177. The van der Waals surface area contributed by atoms with Crippen molar-refractivity contribution in [2.75, 3.05) is 0 Å². The lowest BCUT2D eigenvalue weighted by Crippen LogP contribution is -1.96. The molecule has 0 spiro atoms. The highest BCUT2D eigenvalue weighted by molar-refractivity contribution is 6.39. The Labute approximate surface area is 328 Å². The fourth-order valence-corrected chi connectivity index (χ4v) is 9.01. The summed E-state index contributed by atoms with van der Waals surface area (Å²) in [5.41, 5.74) is 14.8. The Bertz CT molecular complexity index is 3430. The molecule has 0 unspecified atom stereocenters. The molecule has 0 N–H and O–H groups in total. The molecule has 4 aromatic heterocycles. The van der Waals surface area contributed by atoms with Gasteiger partial charge in [0.1, 0.15) is 5.58 Å². The van der Waals surface area contributed by atoms with Crippen molar-refractivity contribution in [1.82, 2.24) is 14.1 Å². The first-order chi connectivity index (χ1) is 28.3. The zero-order chi connectivity index (χ0) is 37.5. The minimum atomic E-state index is 0.872. The van der Waals surface area contributed by atoms with Crippen LogP contribution in [0.15, 0.2) is 205 Å². The molecule has 4 heteroatoms. The average molecular weight is 728 g/mol. The number of fused-ring (bicyclic) bond motifs is 12. The van der Waals surface area contributed by atoms with Crippen LogP contribution >= 0.6 is 0 Å². The first kappa shape index (κ1) is 31.6. The van der Waals surface area contributed by atoms with Gasteiger partial charge in [-0.05, 0) is 65.7 Å². The Morgan fingerprint density at radius 3 is 1.47 bits per heavy atom. The van der Waals surface area contributed by atoms with Crippen molar-refractivity contribution in [3.05, 3.63) is 200 Å². The van der Waals surface area contributed by atoms with Crippen LogP contribution in [0.3, 0.4) is 0 Å². The Kier molecular flexibility index (Phi) is 6.89. The summed E-state index contributed by atoms with van der Waals surface area (Å²) in [5, 5.41) is 7.02. The SMILES string of the molecule is c1ccc(-c2cc(-c3ccccc3)nc(-c3ccc(-n4c5ccccc5c5c6c7ccccc7n(-c7ccccc7)c6c6oc7ccccc7c6c54)cc3)c2)cc1. The van der Waals surface area contributed by atoms with Gasteiger partial charge in [-0.25, -0.2) is 4.98 Å². The van der Waals surface area contributed by atoms with E-state index in [1.165, 1.54) is 21.5 Å². The van der Waals surface area contributed by atoms with Crippen LogP contribution in [0.2, 0.25) is 0 Å². The summed E-state index contributed by atoms with van der Waals surface area (Å²) in [6.07, 6.45) is 0. The van der Waals surface area contributed by atoms with Gasteiger partial charge in [-0.3, -0.25) is 0 Å². The van der Waals surface area contributed by atoms with E-state index < -0.39 is 0 Å². The summed E-state index contributed by atoms with van der Waals surface area (Å²) in [5.74, 6) is 0. The van der Waals surface area contributed by atoms with Crippen molar-refractivity contribution >= 4 is 65.6 Å². The first-order valence-corrected chi connectivity index (χ1v) is 19.4. The van der Waals surface area contributed by atoms with Crippen molar-refractivity contribution in [3.63, 3.8) is 0 Å². The number of para-hydroxylation sites is 4. The van der Waals surface area contributed by atoms with Crippen LogP contribution in [0.4, 0.5) is 0 Å². The summed E-state index contributed by atoms with van der Waals surface area (Å²) in [6, 6.07) is 71.0. The van der Waals surface area contributed by atoms with Gasteiger partial charge in [0.2, 0.25) is 0 Å². The van der Waals surface area contributed by atoms with E-state index in [1.54, 1.807) is 0 Å². The fraction of sp³-hybridized carbons (Fsp3) is 0. The lowest BCUT2D eigenvalue weighted by Gasteiger charge is -2.13. The van der Waals surface area contributed by atoms with E-state index in [0.717, 1.165) is 89.0 Å². The molecule has 0 aliphatic rings. The summed E-state index contributed by atoms with van der Waals surface area (Å²) in [4.78, 5) is 5.23. The zero-order valence-corrected chi connectivity index (χ0v) is 30.8. The molecule has 0 aliphatic carbocycles. The Morgan fingerprint density at radius 1 is 0.351 bits per heavy atom. The Morgan fingerprint density at radius 2 is 0.825 bits per heavy atom. The molecule has 4 nitrogen and oxygen atoms in total. The van der Waals surface area contributed by atoms with Crippen molar-refractivity contribution in [3.8, 4) is 45.0 Å². The van der Waals surface area contributed by atoms with Crippen molar-refractivity contribution in [1.29, 1.82) is 0 Å². The van der Waals surface area contributed by atoms with Crippen LogP contribution < -0.4 is 0 Å². The maximum atomic E-state index is 6.98. The number of furan rings is 1. The van der Waals surface area contributed by atoms with Crippen LogP contribution in [0.25, 0.3) is 111 Å². The fourth-order valence-electron chi connectivity index (χ4n) is 9.01. The van der Waals surface area contributed by atoms with Crippen molar-refractivity contribution < 1.29 is 4.42 Å². The lowest BCUT2D eigenvalue weighted by atomic mass is 10.00. The Hall–Kier alpha value is -7.69. The average Bonchev–Trinajstić information content (AvgIpc) is 3.95. The predicted octanol–water partition coefficient (Wildman–Crippen LogP) is 14.2. The van der Waals surface area contributed by atoms with E-state index in [4.69, 9.17) is 9.40 Å². The van der Waals surface area contributed by atoms with Crippen LogP contribution in [0.5, 0.6) is 0 Å². The van der Waals surface area contributed by atoms with Gasteiger partial charge in [0.15, 0.2) is 5.58 Å². The van der Waals surface area contributed by atoms with Crippen LogP contribution in [0.1, 0.15) is 0 Å². The van der Waals surface area contributed by atoms with E-state index in [2.05, 4.69) is 203 Å². The maximum Gasteiger partial charge on any atom is 0.162 e. The minimum absolute atomic E-state index is 0.872. The lowest BCUT2D eigenvalue weighted by molar-refractivity contribution is 0.671. The molecule has 57 heavy (non-hydrogen) atoms. The molecule has 266 valence electrons. The molecule has 0 saturated carbocycles. The second-order valence-electron chi connectivity index (χ2n) is 14.7. The van der Waals surface area contributed by atoms with Crippen molar-refractivity contribution in [2.24, 2.45) is 0 Å². The molecule has 4 heterocycles. The van der Waals surface area contributed by atoms with Gasteiger partial charge >= 0.3 is 0 Å². The van der Waals surface area contributed by atoms with Crippen LogP contribution in [-0.2, 0) is 0 Å². The standard InChI is InChI=1S/C53H33N3O/c1-4-16-34(17-5-1)37-32-43(35-18-6-2-7-19-35)54-44(33-37)36-28-30-39(31-29-36)55-45-25-13-10-22-40(45)48-49-41-23-11-14-26-46(41)56(38-20-8-3-9-21-38)52(49)53-50(51(48)55)42-24-12-15-27-47(42)57-53/h1-33H. The second kappa shape index (κ2) is 12.4. The van der Waals surface area contributed by atoms with Gasteiger partial charge in [-0.15, -0.1) is 0 Å². The zero-order valence-electron chi connectivity index (χ0n) is 30.8. The highest BCUT2D eigenvalue weighted by atomic mass is 16.3. The normalized spacial score (nSPS) is 11.9. The summed E-state index contributed by atoms with van der Waals surface area (Å²) in [6.45, 7) is 0. The van der Waals surface area contributed by atoms with E-state index in [9.17, 15) is 0 Å². The Balaban J connectivity index is 1.16. The summed E-state index contributed by atoms with van der Waals surface area (Å²) >= 11 is 0. The third kappa shape index (κ3) is 4.77. The molecule has 0 atom stereocenters. The third-order valence-electron chi connectivity index (χ3n) is 11.5.